The van der Waals surface area contributed by atoms with Crippen molar-refractivity contribution in [2.24, 2.45) is 10.9 Å². The Balaban J connectivity index is 0.00000529. The predicted octanol–water partition coefficient (Wildman–Crippen LogP) is 3.43. The molecule has 0 radical (unpaired) electrons. The standard InChI is InChI=1S/C18H31N3O2.HI/c1-14(2)15(3)21-18(19-4)20-11-6-12-23-13-16-7-9-17(22-5)10-8-16;/h7-10,14-15H,6,11-13H2,1-5H3,(H2,19,20,21);1H. The summed E-state index contributed by atoms with van der Waals surface area (Å²) in [5.74, 6) is 2.29. The first-order valence-electron chi connectivity index (χ1n) is 8.24. The molecule has 0 saturated heterocycles. The van der Waals surface area contributed by atoms with Gasteiger partial charge in [0.15, 0.2) is 5.96 Å². The Morgan fingerprint density at radius 1 is 1.17 bits per heavy atom. The maximum absolute atomic E-state index is 5.69. The van der Waals surface area contributed by atoms with Crippen molar-refractivity contribution in [2.75, 3.05) is 27.3 Å². The zero-order valence-corrected chi connectivity index (χ0v) is 17.8. The maximum atomic E-state index is 5.69. The van der Waals surface area contributed by atoms with Gasteiger partial charge >= 0.3 is 0 Å². The molecule has 0 aromatic heterocycles. The van der Waals surface area contributed by atoms with Crippen LogP contribution in [-0.2, 0) is 11.3 Å². The van der Waals surface area contributed by atoms with Crippen LogP contribution in [0, 0.1) is 5.92 Å². The Kier molecular flexibility index (Phi) is 12.7. The van der Waals surface area contributed by atoms with Crippen molar-refractivity contribution < 1.29 is 9.47 Å². The molecule has 1 rings (SSSR count). The van der Waals surface area contributed by atoms with Crippen LogP contribution < -0.4 is 15.4 Å². The molecule has 6 heteroatoms. The lowest BCUT2D eigenvalue weighted by Crippen LogP contribution is -2.44. The Morgan fingerprint density at radius 3 is 2.38 bits per heavy atom. The summed E-state index contributed by atoms with van der Waals surface area (Å²) in [5.41, 5.74) is 1.15. The van der Waals surface area contributed by atoms with E-state index in [1.54, 1.807) is 14.2 Å². The van der Waals surface area contributed by atoms with E-state index in [0.29, 0.717) is 18.6 Å². The number of nitrogens with zero attached hydrogens (tertiary/aromatic N) is 1. The van der Waals surface area contributed by atoms with Gasteiger partial charge in [0.2, 0.25) is 0 Å². The van der Waals surface area contributed by atoms with Crippen molar-refractivity contribution >= 4 is 29.9 Å². The summed E-state index contributed by atoms with van der Waals surface area (Å²) >= 11 is 0. The molecular formula is C18H32IN3O2. The summed E-state index contributed by atoms with van der Waals surface area (Å²) in [6.07, 6.45) is 0.937. The molecule has 24 heavy (non-hydrogen) atoms. The fraction of sp³-hybridized carbons (Fsp3) is 0.611. The molecule has 0 saturated carbocycles. The second-order valence-electron chi connectivity index (χ2n) is 5.93. The Bertz CT molecular complexity index is 464. The molecule has 0 bridgehead atoms. The van der Waals surface area contributed by atoms with Gasteiger partial charge in [0, 0.05) is 26.2 Å². The number of benzene rings is 1. The van der Waals surface area contributed by atoms with E-state index >= 15 is 0 Å². The Hall–Kier alpha value is -1.02. The number of hydrogen-bond donors (Lipinski definition) is 2. The lowest BCUT2D eigenvalue weighted by atomic mass is 10.1. The topological polar surface area (TPSA) is 54.9 Å². The number of halogens is 1. The molecule has 5 nitrogen and oxygen atoms in total. The Labute approximate surface area is 163 Å². The van der Waals surface area contributed by atoms with Gasteiger partial charge < -0.3 is 20.1 Å². The first-order chi connectivity index (χ1) is 11.1. The smallest absolute Gasteiger partial charge is 0.191 e. The largest absolute Gasteiger partial charge is 0.497 e. The zero-order valence-electron chi connectivity index (χ0n) is 15.5. The number of guanidine groups is 1. The second-order valence-corrected chi connectivity index (χ2v) is 5.93. The minimum atomic E-state index is 0. The third-order valence-electron chi connectivity index (χ3n) is 3.77. The van der Waals surface area contributed by atoms with E-state index in [1.807, 2.05) is 24.3 Å². The zero-order chi connectivity index (χ0) is 17.1. The summed E-state index contributed by atoms with van der Waals surface area (Å²) in [4.78, 5) is 4.23. The van der Waals surface area contributed by atoms with E-state index in [2.05, 4.69) is 36.4 Å². The van der Waals surface area contributed by atoms with Crippen LogP contribution in [0.25, 0.3) is 0 Å². The molecule has 0 fully saturated rings. The third kappa shape index (κ3) is 9.32. The molecule has 1 aromatic carbocycles. The summed E-state index contributed by atoms with van der Waals surface area (Å²) < 4.78 is 10.8. The SMILES string of the molecule is CN=C(NCCCOCc1ccc(OC)cc1)NC(C)C(C)C.I. The van der Waals surface area contributed by atoms with E-state index < -0.39 is 0 Å². The average molecular weight is 449 g/mol. The first-order valence-corrected chi connectivity index (χ1v) is 8.24. The summed E-state index contributed by atoms with van der Waals surface area (Å²) in [6.45, 7) is 8.73. The highest BCUT2D eigenvalue weighted by Gasteiger charge is 2.08. The highest BCUT2D eigenvalue weighted by Crippen LogP contribution is 2.11. The van der Waals surface area contributed by atoms with Crippen molar-refractivity contribution in [1.82, 2.24) is 10.6 Å². The molecule has 0 aliphatic heterocycles. The van der Waals surface area contributed by atoms with Crippen molar-refractivity contribution in [1.29, 1.82) is 0 Å². The molecule has 0 heterocycles. The van der Waals surface area contributed by atoms with Crippen molar-refractivity contribution in [3.05, 3.63) is 29.8 Å². The molecule has 1 aromatic rings. The fourth-order valence-corrected chi connectivity index (χ4v) is 1.87. The van der Waals surface area contributed by atoms with Crippen LogP contribution in [0.2, 0.25) is 0 Å². The van der Waals surface area contributed by atoms with Crippen molar-refractivity contribution in [3.8, 4) is 5.75 Å². The molecule has 0 spiro atoms. The van der Waals surface area contributed by atoms with E-state index in [-0.39, 0.29) is 24.0 Å². The fourth-order valence-electron chi connectivity index (χ4n) is 1.87. The summed E-state index contributed by atoms with van der Waals surface area (Å²) in [5, 5.41) is 6.69. The number of rotatable bonds is 9. The van der Waals surface area contributed by atoms with Gasteiger partial charge in [-0.05, 0) is 37.0 Å². The number of hydrogen-bond acceptors (Lipinski definition) is 3. The van der Waals surface area contributed by atoms with Gasteiger partial charge in [-0.25, -0.2) is 0 Å². The molecule has 0 aliphatic carbocycles. The molecule has 2 N–H and O–H groups in total. The number of ether oxygens (including phenoxy) is 2. The van der Waals surface area contributed by atoms with Gasteiger partial charge in [0.25, 0.3) is 0 Å². The van der Waals surface area contributed by atoms with E-state index in [0.717, 1.165) is 36.8 Å². The van der Waals surface area contributed by atoms with Crippen LogP contribution in [-0.4, -0.2) is 39.3 Å². The third-order valence-corrected chi connectivity index (χ3v) is 3.77. The van der Waals surface area contributed by atoms with Crippen molar-refractivity contribution in [2.45, 2.75) is 39.8 Å². The van der Waals surface area contributed by atoms with Crippen LogP contribution in [0.15, 0.2) is 29.3 Å². The van der Waals surface area contributed by atoms with Crippen LogP contribution in [0.4, 0.5) is 0 Å². The van der Waals surface area contributed by atoms with Crippen LogP contribution in [0.1, 0.15) is 32.8 Å². The number of nitrogens with one attached hydrogen (secondary N) is 2. The molecule has 138 valence electrons. The van der Waals surface area contributed by atoms with E-state index in [9.17, 15) is 0 Å². The number of aliphatic imine (C=N–C) groups is 1. The normalized spacial score (nSPS) is 12.5. The predicted molar refractivity (Wildman–Crippen MR) is 111 cm³/mol. The van der Waals surface area contributed by atoms with Gasteiger partial charge in [-0.1, -0.05) is 26.0 Å². The van der Waals surface area contributed by atoms with Crippen molar-refractivity contribution in [3.63, 3.8) is 0 Å². The second kappa shape index (κ2) is 13.3. The minimum Gasteiger partial charge on any atom is -0.497 e. The van der Waals surface area contributed by atoms with Gasteiger partial charge in [-0.15, -0.1) is 24.0 Å². The molecule has 0 aliphatic rings. The highest BCUT2D eigenvalue weighted by atomic mass is 127. The average Bonchev–Trinajstić information content (AvgIpc) is 2.57. The minimum absolute atomic E-state index is 0. The number of methoxy groups -OCH3 is 1. The van der Waals surface area contributed by atoms with Crippen LogP contribution in [0.5, 0.6) is 5.75 Å². The summed E-state index contributed by atoms with van der Waals surface area (Å²) in [7, 11) is 3.46. The van der Waals surface area contributed by atoms with Crippen LogP contribution in [0.3, 0.4) is 0 Å². The van der Waals surface area contributed by atoms with Crippen LogP contribution >= 0.6 is 24.0 Å². The molecule has 0 amide bonds. The van der Waals surface area contributed by atoms with Gasteiger partial charge in [0.1, 0.15) is 5.75 Å². The van der Waals surface area contributed by atoms with E-state index in [4.69, 9.17) is 9.47 Å². The quantitative estimate of drug-likeness (QED) is 0.263. The molecule has 1 atom stereocenters. The van der Waals surface area contributed by atoms with Gasteiger partial charge in [-0.3, -0.25) is 4.99 Å². The Morgan fingerprint density at radius 2 is 1.83 bits per heavy atom. The maximum Gasteiger partial charge on any atom is 0.191 e. The lowest BCUT2D eigenvalue weighted by molar-refractivity contribution is 0.119. The lowest BCUT2D eigenvalue weighted by Gasteiger charge is -2.20. The van der Waals surface area contributed by atoms with Gasteiger partial charge in [-0.2, -0.15) is 0 Å². The van der Waals surface area contributed by atoms with Gasteiger partial charge in [0.05, 0.1) is 13.7 Å². The summed E-state index contributed by atoms with van der Waals surface area (Å²) in [6, 6.07) is 8.34. The van der Waals surface area contributed by atoms with E-state index in [1.165, 1.54) is 0 Å². The monoisotopic (exact) mass is 449 g/mol. The molecule has 1 unspecified atom stereocenters. The molecular weight excluding hydrogens is 417 g/mol. The first kappa shape index (κ1) is 23.0. The highest BCUT2D eigenvalue weighted by molar-refractivity contribution is 14.0.